The van der Waals surface area contributed by atoms with Crippen molar-refractivity contribution in [2.24, 2.45) is 0 Å². The third-order valence-electron chi connectivity index (χ3n) is 4.26. The second-order valence-electron chi connectivity index (χ2n) is 6.21. The van der Waals surface area contributed by atoms with Crippen LogP contribution in [0.4, 0.5) is 5.69 Å². The van der Waals surface area contributed by atoms with Crippen molar-refractivity contribution in [2.45, 2.75) is 27.2 Å². The summed E-state index contributed by atoms with van der Waals surface area (Å²) in [5.74, 6) is -1.73. The maximum absolute atomic E-state index is 12.6. The zero-order valence-electron chi connectivity index (χ0n) is 16.7. The number of aromatic amines is 1. The molecule has 0 bridgehead atoms. The summed E-state index contributed by atoms with van der Waals surface area (Å²) >= 11 is 0. The summed E-state index contributed by atoms with van der Waals surface area (Å²) in [5.41, 5.74) is 1.88. The zero-order valence-corrected chi connectivity index (χ0v) is 16.7. The summed E-state index contributed by atoms with van der Waals surface area (Å²) < 4.78 is 10.2. The minimum Gasteiger partial charge on any atom is -0.462 e. The smallest absolute Gasteiger partial charge is 0.355 e. The molecule has 1 amide bonds. The van der Waals surface area contributed by atoms with Crippen LogP contribution in [-0.4, -0.2) is 42.6 Å². The minimum atomic E-state index is -0.747. The number of nitrogens with one attached hydrogen (secondary N) is 1. The van der Waals surface area contributed by atoms with Crippen molar-refractivity contribution in [3.8, 4) is 6.07 Å². The van der Waals surface area contributed by atoms with Crippen molar-refractivity contribution in [1.82, 2.24) is 4.98 Å². The fraction of sp³-hybridized carbons (Fsp3) is 0.333. The van der Waals surface area contributed by atoms with E-state index >= 15 is 0 Å². The first-order chi connectivity index (χ1) is 13.9. The largest absolute Gasteiger partial charge is 0.462 e. The average Bonchev–Trinajstić information content (AvgIpc) is 3.01. The van der Waals surface area contributed by atoms with E-state index in [9.17, 15) is 14.4 Å². The Morgan fingerprint density at radius 3 is 2.41 bits per heavy atom. The van der Waals surface area contributed by atoms with Crippen molar-refractivity contribution in [1.29, 1.82) is 5.26 Å². The Hall–Kier alpha value is -3.60. The lowest BCUT2D eigenvalue weighted by atomic mass is 10.1. The molecule has 2 rings (SSSR count). The van der Waals surface area contributed by atoms with Gasteiger partial charge in [0, 0.05) is 17.9 Å². The number of hydrogen-bond acceptors (Lipinski definition) is 6. The van der Waals surface area contributed by atoms with Crippen LogP contribution in [0, 0.1) is 25.2 Å². The highest BCUT2D eigenvalue weighted by Gasteiger charge is 2.25. The molecule has 1 aromatic carbocycles. The number of esters is 2. The molecular formula is C21H23N3O5. The lowest BCUT2D eigenvalue weighted by Crippen LogP contribution is -2.35. The van der Waals surface area contributed by atoms with E-state index in [1.807, 2.05) is 12.1 Å². The van der Waals surface area contributed by atoms with E-state index in [-0.39, 0.29) is 30.8 Å². The molecule has 0 aliphatic heterocycles. The molecule has 0 saturated heterocycles. The summed E-state index contributed by atoms with van der Waals surface area (Å²) in [6, 6.07) is 10.8. The number of carbonyl (C=O) groups is 3. The van der Waals surface area contributed by atoms with Gasteiger partial charge in [-0.15, -0.1) is 0 Å². The van der Waals surface area contributed by atoms with Gasteiger partial charge in [0.05, 0.1) is 24.7 Å². The second kappa shape index (κ2) is 10.1. The molecule has 8 heteroatoms. The molecule has 2 aromatic rings. The summed E-state index contributed by atoms with van der Waals surface area (Å²) in [7, 11) is 0. The molecule has 1 N–H and O–H groups in total. The van der Waals surface area contributed by atoms with Gasteiger partial charge in [-0.1, -0.05) is 18.2 Å². The normalized spacial score (nSPS) is 10.1. The van der Waals surface area contributed by atoms with Gasteiger partial charge in [0.25, 0.3) is 5.91 Å². The topological polar surface area (TPSA) is 112 Å². The minimum absolute atomic E-state index is 0.0987. The molecule has 0 atom stereocenters. The molecule has 1 heterocycles. The van der Waals surface area contributed by atoms with E-state index in [1.54, 1.807) is 45.0 Å². The van der Waals surface area contributed by atoms with Crippen LogP contribution < -0.4 is 4.90 Å². The number of rotatable bonds is 8. The monoisotopic (exact) mass is 397 g/mol. The molecule has 0 spiro atoms. The van der Waals surface area contributed by atoms with E-state index in [2.05, 4.69) is 4.98 Å². The maximum Gasteiger partial charge on any atom is 0.355 e. The second-order valence-corrected chi connectivity index (χ2v) is 6.21. The highest BCUT2D eigenvalue weighted by Crippen LogP contribution is 2.20. The maximum atomic E-state index is 12.6. The van der Waals surface area contributed by atoms with Crippen LogP contribution in [0.1, 0.15) is 45.4 Å². The first-order valence-electron chi connectivity index (χ1n) is 9.16. The van der Waals surface area contributed by atoms with Gasteiger partial charge in [0.15, 0.2) is 6.61 Å². The highest BCUT2D eigenvalue weighted by molar-refractivity contribution is 6.00. The third-order valence-corrected chi connectivity index (χ3v) is 4.26. The molecule has 0 fully saturated rings. The van der Waals surface area contributed by atoms with Gasteiger partial charge in [-0.3, -0.25) is 4.79 Å². The fourth-order valence-electron chi connectivity index (χ4n) is 2.91. The Balaban J connectivity index is 2.11. The van der Waals surface area contributed by atoms with Gasteiger partial charge in [-0.25, -0.2) is 9.59 Å². The van der Waals surface area contributed by atoms with Crippen molar-refractivity contribution in [3.63, 3.8) is 0 Å². The molecule has 0 saturated carbocycles. The average molecular weight is 397 g/mol. The Bertz CT molecular complexity index is 928. The van der Waals surface area contributed by atoms with Crippen molar-refractivity contribution in [2.75, 3.05) is 24.7 Å². The number of H-pyrrole nitrogens is 1. The number of aryl methyl sites for hydroxylation is 1. The van der Waals surface area contributed by atoms with Gasteiger partial charge < -0.3 is 19.4 Å². The van der Waals surface area contributed by atoms with E-state index < -0.39 is 24.5 Å². The molecular weight excluding hydrogens is 374 g/mol. The SMILES string of the molecule is CCOC(=O)c1c(C)[nH]c(C(=O)OCC(=O)N(CCC#N)c2ccccc2)c1C. The number of anilines is 1. The highest BCUT2D eigenvalue weighted by atomic mass is 16.5. The van der Waals surface area contributed by atoms with E-state index in [0.29, 0.717) is 16.9 Å². The van der Waals surface area contributed by atoms with Crippen molar-refractivity contribution >= 4 is 23.5 Å². The van der Waals surface area contributed by atoms with Gasteiger partial charge in [-0.2, -0.15) is 5.26 Å². The van der Waals surface area contributed by atoms with Gasteiger partial charge in [0.2, 0.25) is 0 Å². The molecule has 29 heavy (non-hydrogen) atoms. The lowest BCUT2D eigenvalue weighted by molar-refractivity contribution is -0.121. The number of carbonyl (C=O) groups excluding carboxylic acids is 3. The molecule has 0 radical (unpaired) electrons. The molecule has 152 valence electrons. The summed E-state index contributed by atoms with van der Waals surface area (Å²) in [6.07, 6.45) is 0.145. The standard InChI is InChI=1S/C21H23N3O5/c1-4-28-20(26)18-14(2)19(23-15(18)3)21(27)29-13-17(25)24(12-8-11-22)16-9-6-5-7-10-16/h5-7,9-10,23H,4,8,12-13H2,1-3H3. The number of nitriles is 1. The number of para-hydroxylation sites is 1. The van der Waals surface area contributed by atoms with E-state index in [1.165, 1.54) is 4.90 Å². The molecule has 8 nitrogen and oxygen atoms in total. The third kappa shape index (κ3) is 5.23. The number of ether oxygens (including phenoxy) is 2. The number of hydrogen-bond donors (Lipinski definition) is 1. The predicted molar refractivity (Wildman–Crippen MR) is 106 cm³/mol. The Kier molecular flexibility index (Phi) is 7.54. The van der Waals surface area contributed by atoms with E-state index in [4.69, 9.17) is 14.7 Å². The fourth-order valence-corrected chi connectivity index (χ4v) is 2.91. The van der Waals surface area contributed by atoms with Crippen LogP contribution in [-0.2, 0) is 14.3 Å². The number of benzene rings is 1. The summed E-state index contributed by atoms with van der Waals surface area (Å²) in [6.45, 7) is 4.86. The van der Waals surface area contributed by atoms with E-state index in [0.717, 1.165) is 0 Å². The quantitative estimate of drug-likeness (QED) is 0.686. The van der Waals surface area contributed by atoms with Crippen LogP contribution in [0.15, 0.2) is 30.3 Å². The summed E-state index contributed by atoms with van der Waals surface area (Å²) in [5, 5.41) is 8.84. The number of amides is 1. The van der Waals surface area contributed by atoms with Gasteiger partial charge in [0.1, 0.15) is 5.69 Å². The van der Waals surface area contributed by atoms with Crippen molar-refractivity contribution < 1.29 is 23.9 Å². The Morgan fingerprint density at radius 1 is 1.10 bits per heavy atom. The number of nitrogens with zero attached hydrogens (tertiary/aromatic N) is 2. The lowest BCUT2D eigenvalue weighted by Gasteiger charge is -2.21. The summed E-state index contributed by atoms with van der Waals surface area (Å²) in [4.78, 5) is 41.3. The first kappa shape index (κ1) is 21.7. The Labute approximate surface area is 169 Å². The molecule has 0 aliphatic rings. The molecule has 0 unspecified atom stereocenters. The molecule has 1 aromatic heterocycles. The van der Waals surface area contributed by atoms with Gasteiger partial charge >= 0.3 is 11.9 Å². The van der Waals surface area contributed by atoms with Crippen LogP contribution in [0.3, 0.4) is 0 Å². The van der Waals surface area contributed by atoms with Crippen molar-refractivity contribution in [3.05, 3.63) is 52.8 Å². The number of aromatic nitrogens is 1. The van der Waals surface area contributed by atoms with Crippen LogP contribution in [0.25, 0.3) is 0 Å². The van der Waals surface area contributed by atoms with Crippen LogP contribution >= 0.6 is 0 Å². The zero-order chi connectivity index (χ0) is 21.4. The molecule has 0 aliphatic carbocycles. The first-order valence-corrected chi connectivity index (χ1v) is 9.16. The Morgan fingerprint density at radius 2 is 1.79 bits per heavy atom. The van der Waals surface area contributed by atoms with Gasteiger partial charge in [-0.05, 0) is 38.5 Å². The predicted octanol–water partition coefficient (Wildman–Crippen LogP) is 2.91. The van der Waals surface area contributed by atoms with Crippen LogP contribution in [0.2, 0.25) is 0 Å². The van der Waals surface area contributed by atoms with Crippen LogP contribution in [0.5, 0.6) is 0 Å².